The Morgan fingerprint density at radius 2 is 2.00 bits per heavy atom. The fourth-order valence-corrected chi connectivity index (χ4v) is 0.940. The molecule has 0 unspecified atom stereocenters. The summed E-state index contributed by atoms with van der Waals surface area (Å²) >= 11 is 0. The fraction of sp³-hybridized carbons (Fsp3) is 0.222. The zero-order valence-electron chi connectivity index (χ0n) is 6.23. The number of benzene rings is 1. The van der Waals surface area contributed by atoms with Crippen LogP contribution in [0.3, 0.4) is 0 Å². The summed E-state index contributed by atoms with van der Waals surface area (Å²) in [6.07, 6.45) is 1.24. The lowest BCUT2D eigenvalue weighted by Gasteiger charge is -2.06. The van der Waals surface area contributed by atoms with Crippen LogP contribution in [0.15, 0.2) is 30.3 Å². The Morgan fingerprint density at radius 3 is 2.55 bits per heavy atom. The molecule has 0 saturated heterocycles. The molecular formula is C9H11NO. The van der Waals surface area contributed by atoms with Crippen molar-refractivity contribution >= 4 is 6.29 Å². The monoisotopic (exact) mass is 149 g/mol. The summed E-state index contributed by atoms with van der Waals surface area (Å²) in [5.74, 6) is 0. The van der Waals surface area contributed by atoms with Gasteiger partial charge in [-0.2, -0.15) is 0 Å². The second-order valence-electron chi connectivity index (χ2n) is 2.42. The molecule has 0 saturated carbocycles. The van der Waals surface area contributed by atoms with Crippen molar-refractivity contribution in [3.63, 3.8) is 0 Å². The number of carbonyl (C=O) groups excluding carboxylic acids is 1. The summed E-state index contributed by atoms with van der Waals surface area (Å²) in [5, 5.41) is 0. The van der Waals surface area contributed by atoms with Gasteiger partial charge in [0.2, 0.25) is 0 Å². The van der Waals surface area contributed by atoms with Crippen molar-refractivity contribution in [1.82, 2.24) is 0 Å². The minimum absolute atomic E-state index is 0.145. The molecule has 0 aliphatic heterocycles. The summed E-state index contributed by atoms with van der Waals surface area (Å²) in [6, 6.07) is 9.47. The van der Waals surface area contributed by atoms with Gasteiger partial charge in [0.15, 0.2) is 0 Å². The normalized spacial score (nSPS) is 12.5. The molecule has 0 aliphatic rings. The Bertz CT molecular complexity index is 220. The predicted octanol–water partition coefficient (Wildman–Crippen LogP) is 1.28. The quantitative estimate of drug-likeness (QED) is 0.658. The van der Waals surface area contributed by atoms with Gasteiger partial charge < -0.3 is 10.5 Å². The summed E-state index contributed by atoms with van der Waals surface area (Å²) in [4.78, 5) is 10.1. The fourth-order valence-electron chi connectivity index (χ4n) is 0.940. The molecule has 11 heavy (non-hydrogen) atoms. The van der Waals surface area contributed by atoms with E-state index in [0.717, 1.165) is 11.8 Å². The lowest BCUT2D eigenvalue weighted by Crippen LogP contribution is -2.09. The van der Waals surface area contributed by atoms with Gasteiger partial charge >= 0.3 is 0 Å². The summed E-state index contributed by atoms with van der Waals surface area (Å²) < 4.78 is 0. The minimum atomic E-state index is -0.145. The average molecular weight is 149 g/mol. The number of carbonyl (C=O) groups is 1. The maximum Gasteiger partial charge on any atom is 0.121 e. The van der Waals surface area contributed by atoms with E-state index in [-0.39, 0.29) is 6.04 Å². The Balaban J connectivity index is 2.68. The van der Waals surface area contributed by atoms with Crippen molar-refractivity contribution in [3.8, 4) is 0 Å². The van der Waals surface area contributed by atoms with Crippen LogP contribution in [0.4, 0.5) is 0 Å². The summed E-state index contributed by atoms with van der Waals surface area (Å²) in [6.45, 7) is 0. The third-order valence-corrected chi connectivity index (χ3v) is 1.58. The van der Waals surface area contributed by atoms with Crippen LogP contribution in [-0.2, 0) is 4.79 Å². The van der Waals surface area contributed by atoms with Crippen LogP contribution in [0, 0.1) is 0 Å². The maximum atomic E-state index is 10.1. The van der Waals surface area contributed by atoms with Crippen LogP contribution in [0.2, 0.25) is 0 Å². The molecule has 1 aromatic carbocycles. The van der Waals surface area contributed by atoms with E-state index in [0.29, 0.717) is 6.42 Å². The first-order valence-electron chi connectivity index (χ1n) is 3.58. The number of hydrogen-bond donors (Lipinski definition) is 1. The van der Waals surface area contributed by atoms with Crippen LogP contribution >= 0.6 is 0 Å². The zero-order valence-corrected chi connectivity index (χ0v) is 6.23. The largest absolute Gasteiger partial charge is 0.324 e. The molecule has 0 heterocycles. The maximum absolute atomic E-state index is 10.1. The first-order valence-corrected chi connectivity index (χ1v) is 3.58. The molecule has 0 amide bonds. The average Bonchev–Trinajstić information content (AvgIpc) is 2.07. The Hall–Kier alpha value is -1.15. The molecule has 2 nitrogen and oxygen atoms in total. The smallest absolute Gasteiger partial charge is 0.121 e. The van der Waals surface area contributed by atoms with Crippen LogP contribution in [0.25, 0.3) is 0 Å². The van der Waals surface area contributed by atoms with E-state index in [1.54, 1.807) is 0 Å². The van der Waals surface area contributed by atoms with Crippen LogP contribution in [0.5, 0.6) is 0 Å². The van der Waals surface area contributed by atoms with Crippen molar-refractivity contribution in [2.45, 2.75) is 12.5 Å². The van der Waals surface area contributed by atoms with Crippen LogP contribution in [0.1, 0.15) is 18.0 Å². The SMILES string of the molecule is N[C@H](CC=O)c1ccccc1. The molecule has 2 heteroatoms. The van der Waals surface area contributed by atoms with Crippen molar-refractivity contribution in [2.24, 2.45) is 5.73 Å². The van der Waals surface area contributed by atoms with E-state index in [1.807, 2.05) is 30.3 Å². The summed E-state index contributed by atoms with van der Waals surface area (Å²) in [5.41, 5.74) is 6.69. The van der Waals surface area contributed by atoms with E-state index >= 15 is 0 Å². The highest BCUT2D eigenvalue weighted by Crippen LogP contribution is 2.10. The van der Waals surface area contributed by atoms with E-state index in [9.17, 15) is 4.79 Å². The molecular weight excluding hydrogens is 138 g/mol. The van der Waals surface area contributed by atoms with E-state index < -0.39 is 0 Å². The molecule has 0 radical (unpaired) electrons. The highest BCUT2D eigenvalue weighted by atomic mass is 16.1. The molecule has 58 valence electrons. The third kappa shape index (κ3) is 2.16. The van der Waals surface area contributed by atoms with Crippen molar-refractivity contribution < 1.29 is 4.79 Å². The van der Waals surface area contributed by atoms with Gasteiger partial charge in [0.25, 0.3) is 0 Å². The molecule has 0 bridgehead atoms. The second kappa shape index (κ2) is 3.88. The van der Waals surface area contributed by atoms with Crippen molar-refractivity contribution in [3.05, 3.63) is 35.9 Å². The van der Waals surface area contributed by atoms with Gasteiger partial charge in [-0.3, -0.25) is 0 Å². The van der Waals surface area contributed by atoms with Gasteiger partial charge in [-0.25, -0.2) is 0 Å². The lowest BCUT2D eigenvalue weighted by atomic mass is 10.1. The van der Waals surface area contributed by atoms with Gasteiger partial charge in [0, 0.05) is 12.5 Å². The number of rotatable bonds is 3. The third-order valence-electron chi connectivity index (χ3n) is 1.58. The van der Waals surface area contributed by atoms with Crippen LogP contribution in [-0.4, -0.2) is 6.29 Å². The Labute approximate surface area is 66.0 Å². The predicted molar refractivity (Wildman–Crippen MR) is 44.1 cm³/mol. The molecule has 2 N–H and O–H groups in total. The molecule has 0 aromatic heterocycles. The van der Waals surface area contributed by atoms with E-state index in [1.165, 1.54) is 0 Å². The van der Waals surface area contributed by atoms with Gasteiger partial charge in [-0.15, -0.1) is 0 Å². The Morgan fingerprint density at radius 1 is 1.36 bits per heavy atom. The minimum Gasteiger partial charge on any atom is -0.324 e. The van der Waals surface area contributed by atoms with Gasteiger partial charge in [-0.05, 0) is 5.56 Å². The summed E-state index contributed by atoms with van der Waals surface area (Å²) in [7, 11) is 0. The first kappa shape index (κ1) is 7.95. The van der Waals surface area contributed by atoms with E-state index in [2.05, 4.69) is 0 Å². The van der Waals surface area contributed by atoms with Crippen LogP contribution < -0.4 is 5.73 Å². The second-order valence-corrected chi connectivity index (χ2v) is 2.42. The molecule has 1 rings (SSSR count). The van der Waals surface area contributed by atoms with Gasteiger partial charge in [-0.1, -0.05) is 30.3 Å². The van der Waals surface area contributed by atoms with Gasteiger partial charge in [0.1, 0.15) is 6.29 Å². The number of aldehydes is 1. The molecule has 0 spiro atoms. The van der Waals surface area contributed by atoms with E-state index in [4.69, 9.17) is 5.73 Å². The number of nitrogens with two attached hydrogens (primary N) is 1. The number of hydrogen-bond acceptors (Lipinski definition) is 2. The van der Waals surface area contributed by atoms with Crippen molar-refractivity contribution in [1.29, 1.82) is 0 Å². The molecule has 0 aliphatic carbocycles. The Kier molecular flexibility index (Phi) is 2.81. The highest BCUT2D eigenvalue weighted by molar-refractivity contribution is 5.51. The highest BCUT2D eigenvalue weighted by Gasteiger charge is 2.02. The topological polar surface area (TPSA) is 43.1 Å². The standard InChI is InChI=1S/C9H11NO/c10-9(6-7-11)8-4-2-1-3-5-8/h1-5,7,9H,6,10H2/t9-/m1/s1. The van der Waals surface area contributed by atoms with Crippen molar-refractivity contribution in [2.75, 3.05) is 0 Å². The molecule has 0 fully saturated rings. The first-order chi connectivity index (χ1) is 5.34. The molecule has 1 atom stereocenters. The lowest BCUT2D eigenvalue weighted by molar-refractivity contribution is -0.108. The van der Waals surface area contributed by atoms with Gasteiger partial charge in [0.05, 0.1) is 0 Å². The molecule has 1 aromatic rings. The zero-order chi connectivity index (χ0) is 8.10.